The van der Waals surface area contributed by atoms with Crippen LogP contribution in [0.15, 0.2) is 0 Å². The molecule has 7 N–H and O–H groups in total. The molecule has 0 bridgehead atoms. The van der Waals surface area contributed by atoms with Gasteiger partial charge < -0.3 is 31.9 Å². The average molecular weight is 416 g/mol. The zero-order valence-corrected chi connectivity index (χ0v) is 17.2. The van der Waals surface area contributed by atoms with E-state index in [0.717, 1.165) is 0 Å². The highest BCUT2D eigenvalue weighted by Gasteiger charge is 2.29. The number of carboxylic acids is 2. The van der Waals surface area contributed by atoms with Crippen LogP contribution < -0.4 is 21.7 Å². The summed E-state index contributed by atoms with van der Waals surface area (Å²) in [6.07, 6.45) is -0.117. The van der Waals surface area contributed by atoms with Crippen molar-refractivity contribution >= 4 is 29.7 Å². The molecule has 0 aromatic heterocycles. The first-order chi connectivity index (χ1) is 13.3. The summed E-state index contributed by atoms with van der Waals surface area (Å²) in [5.41, 5.74) is 5.55. The number of carboxylic acid groups (broad SMARTS) is 2. The Balaban J connectivity index is 4.76. The largest absolute Gasteiger partial charge is 0.481 e. The minimum absolute atomic E-state index is 0.0454. The summed E-state index contributed by atoms with van der Waals surface area (Å²) in [5, 5.41) is 25.0. The minimum atomic E-state index is -1.16. The lowest BCUT2D eigenvalue weighted by molar-refractivity contribution is -0.143. The van der Waals surface area contributed by atoms with Gasteiger partial charge in [-0.2, -0.15) is 0 Å². The molecule has 3 unspecified atom stereocenters. The molecule has 166 valence electrons. The Morgan fingerprint density at radius 3 is 1.97 bits per heavy atom. The lowest BCUT2D eigenvalue weighted by Gasteiger charge is -2.24. The first kappa shape index (κ1) is 26.3. The van der Waals surface area contributed by atoms with E-state index in [0.29, 0.717) is 0 Å². The van der Waals surface area contributed by atoms with Crippen molar-refractivity contribution in [1.82, 2.24) is 16.0 Å². The van der Waals surface area contributed by atoms with E-state index in [9.17, 15) is 29.1 Å². The standard InChI is InChI=1S/C18H32N4O7/c1-9(2)7-12(18(28)29)21-17(27)15(10(3)4)22-13(23)8-20-16(26)11(19)5-6-14(24)25/h9-12,15H,5-8,19H2,1-4H3,(H,20,26)(H,21,27)(H,22,23)(H,24,25)(H,28,29). The summed E-state index contributed by atoms with van der Waals surface area (Å²) in [5.74, 6) is -4.52. The molecule has 0 aliphatic rings. The summed E-state index contributed by atoms with van der Waals surface area (Å²) in [6, 6.07) is -3.14. The van der Waals surface area contributed by atoms with E-state index in [1.165, 1.54) is 0 Å². The first-order valence-electron chi connectivity index (χ1n) is 9.42. The Kier molecular flexibility index (Phi) is 11.5. The fourth-order valence-electron chi connectivity index (χ4n) is 2.42. The van der Waals surface area contributed by atoms with Crippen molar-refractivity contribution in [3.05, 3.63) is 0 Å². The summed E-state index contributed by atoms with van der Waals surface area (Å²) in [4.78, 5) is 58.2. The van der Waals surface area contributed by atoms with Gasteiger partial charge in [0.15, 0.2) is 0 Å². The Morgan fingerprint density at radius 1 is 0.931 bits per heavy atom. The molecule has 0 saturated heterocycles. The number of carbonyl (C=O) groups is 5. The molecule has 0 aliphatic carbocycles. The quantitative estimate of drug-likeness (QED) is 0.221. The van der Waals surface area contributed by atoms with Crippen LogP contribution in [0.4, 0.5) is 0 Å². The number of carbonyl (C=O) groups excluding carboxylic acids is 3. The van der Waals surface area contributed by atoms with Crippen LogP contribution in [-0.4, -0.2) is 64.5 Å². The Morgan fingerprint density at radius 2 is 1.52 bits per heavy atom. The van der Waals surface area contributed by atoms with E-state index >= 15 is 0 Å². The van der Waals surface area contributed by atoms with Gasteiger partial charge in [0.2, 0.25) is 17.7 Å². The van der Waals surface area contributed by atoms with Crippen molar-refractivity contribution in [3.63, 3.8) is 0 Å². The van der Waals surface area contributed by atoms with Gasteiger partial charge in [0.05, 0.1) is 12.6 Å². The van der Waals surface area contributed by atoms with Crippen LogP contribution in [0.3, 0.4) is 0 Å². The first-order valence-corrected chi connectivity index (χ1v) is 9.42. The maximum absolute atomic E-state index is 12.5. The SMILES string of the molecule is CC(C)CC(NC(=O)C(NC(=O)CNC(=O)C(N)CCC(=O)O)C(C)C)C(=O)O. The molecule has 3 atom stereocenters. The van der Waals surface area contributed by atoms with Crippen molar-refractivity contribution in [3.8, 4) is 0 Å². The molecule has 0 aromatic carbocycles. The molecule has 0 rings (SSSR count). The third-order valence-corrected chi connectivity index (χ3v) is 4.02. The van der Waals surface area contributed by atoms with Gasteiger partial charge in [-0.1, -0.05) is 27.7 Å². The second-order valence-electron chi connectivity index (χ2n) is 7.57. The second-order valence-corrected chi connectivity index (χ2v) is 7.57. The van der Waals surface area contributed by atoms with Crippen LogP contribution in [0.1, 0.15) is 47.0 Å². The van der Waals surface area contributed by atoms with Crippen molar-refractivity contribution in [2.24, 2.45) is 17.6 Å². The molecule has 11 heteroatoms. The highest BCUT2D eigenvalue weighted by Crippen LogP contribution is 2.08. The van der Waals surface area contributed by atoms with Crippen LogP contribution >= 0.6 is 0 Å². The van der Waals surface area contributed by atoms with Crippen LogP contribution in [0.25, 0.3) is 0 Å². The van der Waals surface area contributed by atoms with Gasteiger partial charge in [-0.15, -0.1) is 0 Å². The van der Waals surface area contributed by atoms with Crippen molar-refractivity contribution < 1.29 is 34.2 Å². The van der Waals surface area contributed by atoms with Gasteiger partial charge in [-0.25, -0.2) is 4.79 Å². The minimum Gasteiger partial charge on any atom is -0.481 e. The second kappa shape index (κ2) is 12.7. The van der Waals surface area contributed by atoms with Gasteiger partial charge in [0, 0.05) is 6.42 Å². The average Bonchev–Trinajstić information content (AvgIpc) is 2.60. The molecule has 29 heavy (non-hydrogen) atoms. The molecule has 0 saturated carbocycles. The summed E-state index contributed by atoms with van der Waals surface area (Å²) in [6.45, 7) is 6.57. The smallest absolute Gasteiger partial charge is 0.326 e. The third-order valence-electron chi connectivity index (χ3n) is 4.02. The van der Waals surface area contributed by atoms with Crippen LogP contribution in [0, 0.1) is 11.8 Å². The van der Waals surface area contributed by atoms with Gasteiger partial charge in [0.25, 0.3) is 0 Å². The van der Waals surface area contributed by atoms with Crippen molar-refractivity contribution in [2.75, 3.05) is 6.54 Å². The van der Waals surface area contributed by atoms with Crippen LogP contribution in [0.5, 0.6) is 0 Å². The number of hydrogen-bond donors (Lipinski definition) is 6. The zero-order chi connectivity index (χ0) is 22.7. The van der Waals surface area contributed by atoms with Gasteiger partial charge in [-0.3, -0.25) is 19.2 Å². The van der Waals surface area contributed by atoms with E-state index < -0.39 is 54.3 Å². The van der Waals surface area contributed by atoms with E-state index in [4.69, 9.17) is 10.8 Å². The number of amides is 3. The van der Waals surface area contributed by atoms with Gasteiger partial charge in [-0.05, 0) is 24.7 Å². The molecule has 0 heterocycles. The normalized spacial score (nSPS) is 14.0. The van der Waals surface area contributed by atoms with Crippen LogP contribution in [0.2, 0.25) is 0 Å². The Hall–Kier alpha value is -2.69. The van der Waals surface area contributed by atoms with Crippen molar-refractivity contribution in [2.45, 2.75) is 65.1 Å². The van der Waals surface area contributed by atoms with Gasteiger partial charge in [0.1, 0.15) is 12.1 Å². The molecule has 11 nitrogen and oxygen atoms in total. The number of nitrogens with two attached hydrogens (primary N) is 1. The fraction of sp³-hybridized carbons (Fsp3) is 0.722. The number of rotatable bonds is 13. The fourth-order valence-corrected chi connectivity index (χ4v) is 2.42. The van der Waals surface area contributed by atoms with Gasteiger partial charge >= 0.3 is 11.9 Å². The number of nitrogens with one attached hydrogen (secondary N) is 3. The molecule has 0 aromatic rings. The molecule has 0 radical (unpaired) electrons. The summed E-state index contributed by atoms with van der Waals surface area (Å²) in [7, 11) is 0. The zero-order valence-electron chi connectivity index (χ0n) is 17.2. The van der Waals surface area contributed by atoms with E-state index in [-0.39, 0.29) is 31.1 Å². The van der Waals surface area contributed by atoms with E-state index in [1.807, 2.05) is 13.8 Å². The van der Waals surface area contributed by atoms with E-state index in [2.05, 4.69) is 16.0 Å². The predicted molar refractivity (Wildman–Crippen MR) is 104 cm³/mol. The molecular weight excluding hydrogens is 384 g/mol. The predicted octanol–water partition coefficient (Wildman–Crippen LogP) is -0.949. The topological polar surface area (TPSA) is 188 Å². The monoisotopic (exact) mass is 416 g/mol. The lowest BCUT2D eigenvalue weighted by atomic mass is 10.0. The number of hydrogen-bond acceptors (Lipinski definition) is 6. The molecular formula is C18H32N4O7. The molecule has 3 amide bonds. The Bertz CT molecular complexity index is 607. The molecule has 0 spiro atoms. The lowest BCUT2D eigenvalue weighted by Crippen LogP contribution is -2.55. The maximum Gasteiger partial charge on any atom is 0.326 e. The summed E-state index contributed by atoms with van der Waals surface area (Å²) >= 11 is 0. The van der Waals surface area contributed by atoms with E-state index in [1.54, 1.807) is 13.8 Å². The highest BCUT2D eigenvalue weighted by molar-refractivity contribution is 5.92. The number of aliphatic carboxylic acids is 2. The third kappa shape index (κ3) is 11.0. The maximum atomic E-state index is 12.5. The molecule has 0 aliphatic heterocycles. The van der Waals surface area contributed by atoms with Crippen molar-refractivity contribution in [1.29, 1.82) is 0 Å². The highest BCUT2D eigenvalue weighted by atomic mass is 16.4. The Labute approximate surface area is 169 Å². The summed E-state index contributed by atoms with van der Waals surface area (Å²) < 4.78 is 0. The van der Waals surface area contributed by atoms with Crippen LogP contribution in [-0.2, 0) is 24.0 Å². The molecule has 0 fully saturated rings.